The number of nitrogens with two attached hydrogens (primary N) is 1. The summed E-state index contributed by atoms with van der Waals surface area (Å²) in [7, 11) is 2.78. The number of halogens is 1. The molecule has 4 aromatic rings. The zero-order valence-electron chi connectivity index (χ0n) is 21.7. The van der Waals surface area contributed by atoms with E-state index in [1.54, 1.807) is 0 Å². The number of anilines is 2. The molecule has 1 fully saturated rings. The van der Waals surface area contributed by atoms with Gasteiger partial charge < -0.3 is 15.4 Å². The molecule has 7 nitrogen and oxygen atoms in total. The van der Waals surface area contributed by atoms with Crippen LogP contribution in [0, 0.1) is 17.1 Å². The average molecular weight is 539 g/mol. The fraction of sp³-hybridized carbons (Fsp3) is 0.407. The third-order valence-corrected chi connectivity index (χ3v) is 7.81. The maximum atomic E-state index is 14.6. The lowest BCUT2D eigenvalue weighted by Gasteiger charge is -2.19. The van der Waals surface area contributed by atoms with Gasteiger partial charge in [0.15, 0.2) is 5.82 Å². The van der Waals surface area contributed by atoms with E-state index in [9.17, 15) is 9.65 Å². The first-order valence-corrected chi connectivity index (χ1v) is 14.1. The molecule has 1 saturated heterocycles. The molecule has 2 N–H and O–H groups in total. The van der Waals surface area contributed by atoms with Crippen LogP contribution < -0.4 is 15.9 Å². The molecule has 0 radical (unpaired) electrons. The highest BCUT2D eigenvalue weighted by molar-refractivity contribution is 7.29. The topological polar surface area (TPSA) is 101 Å². The standard InChI is InChI=1S/C22H18FN6OPS.C3H8.C2H6/c23-14-7-26-18(16-10(5-24)21(25)32-20(14)16)15-13-9-30-8-12(13)11-6-27-22(28-17(11)19(15)31)29-3-1-2-4-29;1-3-2;1-2/h6-7H,1-4,8-9,25,31H2;3H2,1-2H3;1-2H3. The second-order valence-electron chi connectivity index (χ2n) is 8.68. The van der Waals surface area contributed by atoms with E-state index < -0.39 is 5.82 Å². The predicted octanol–water partition coefficient (Wildman–Crippen LogP) is 6.07. The van der Waals surface area contributed by atoms with Gasteiger partial charge in [-0.1, -0.05) is 34.1 Å². The average Bonchev–Trinajstić information content (AvgIpc) is 3.67. The molecule has 3 aromatic heterocycles. The SMILES string of the molecule is CC.CCC.N#Cc1c(N)sc2c(F)cnc(-c3c4c(c5cnc(N6CCCC6)nc5c3P)COC4)c12. The number of pyridine rings is 1. The number of thiophene rings is 1. The van der Waals surface area contributed by atoms with Gasteiger partial charge in [0.05, 0.1) is 40.9 Å². The lowest BCUT2D eigenvalue weighted by molar-refractivity contribution is 0.135. The van der Waals surface area contributed by atoms with Gasteiger partial charge >= 0.3 is 0 Å². The first-order valence-electron chi connectivity index (χ1n) is 12.7. The van der Waals surface area contributed by atoms with Crippen molar-refractivity contribution in [1.82, 2.24) is 15.0 Å². The van der Waals surface area contributed by atoms with E-state index in [4.69, 9.17) is 15.5 Å². The molecule has 2 aliphatic rings. The molecule has 0 spiro atoms. The van der Waals surface area contributed by atoms with Gasteiger partial charge in [-0.15, -0.1) is 20.6 Å². The largest absolute Gasteiger partial charge is 0.389 e. The third-order valence-electron chi connectivity index (χ3n) is 6.22. The highest BCUT2D eigenvalue weighted by Gasteiger charge is 2.28. The van der Waals surface area contributed by atoms with Gasteiger partial charge in [0, 0.05) is 40.9 Å². The van der Waals surface area contributed by atoms with Crippen LogP contribution in [-0.2, 0) is 18.0 Å². The zero-order chi connectivity index (χ0) is 26.7. The lowest BCUT2D eigenvalue weighted by atomic mass is 9.94. The first kappa shape index (κ1) is 27.1. The van der Waals surface area contributed by atoms with Crippen LogP contribution in [0.2, 0.25) is 0 Å². The summed E-state index contributed by atoms with van der Waals surface area (Å²) < 4.78 is 20.7. The number of fused-ring (bicyclic) bond motifs is 4. The van der Waals surface area contributed by atoms with Crippen LogP contribution in [-0.4, -0.2) is 28.0 Å². The summed E-state index contributed by atoms with van der Waals surface area (Å²) >= 11 is 1.07. The second-order valence-corrected chi connectivity index (χ2v) is 10.3. The molecule has 0 bridgehead atoms. The zero-order valence-corrected chi connectivity index (χ0v) is 23.7. The van der Waals surface area contributed by atoms with E-state index in [0.717, 1.165) is 70.2 Å². The Morgan fingerprint density at radius 1 is 1.16 bits per heavy atom. The fourth-order valence-corrected chi connectivity index (χ4v) is 6.15. The second kappa shape index (κ2) is 11.6. The lowest BCUT2D eigenvalue weighted by Crippen LogP contribution is -2.21. The normalized spacial score (nSPS) is 14.1. The Morgan fingerprint density at radius 2 is 1.84 bits per heavy atom. The maximum Gasteiger partial charge on any atom is 0.225 e. The molecule has 0 amide bonds. The van der Waals surface area contributed by atoms with Gasteiger partial charge in [-0.25, -0.2) is 14.4 Å². The van der Waals surface area contributed by atoms with Crippen molar-refractivity contribution in [3.63, 3.8) is 0 Å². The van der Waals surface area contributed by atoms with Crippen LogP contribution >= 0.6 is 20.6 Å². The molecule has 10 heteroatoms. The number of benzene rings is 1. The highest BCUT2D eigenvalue weighted by atomic mass is 32.1. The molecule has 1 atom stereocenters. The Kier molecular flexibility index (Phi) is 8.53. The summed E-state index contributed by atoms with van der Waals surface area (Å²) in [5.74, 6) is 0.220. The molecular weight excluding hydrogens is 506 g/mol. The van der Waals surface area contributed by atoms with Crippen molar-refractivity contribution in [2.75, 3.05) is 23.7 Å². The van der Waals surface area contributed by atoms with Crippen LogP contribution in [0.3, 0.4) is 0 Å². The van der Waals surface area contributed by atoms with Gasteiger partial charge in [0.25, 0.3) is 0 Å². The van der Waals surface area contributed by atoms with Gasteiger partial charge in [0.2, 0.25) is 5.95 Å². The molecular formula is C27H32FN6OPS. The van der Waals surface area contributed by atoms with Crippen molar-refractivity contribution in [3.8, 4) is 17.3 Å². The van der Waals surface area contributed by atoms with E-state index >= 15 is 0 Å². The minimum absolute atomic E-state index is 0.254. The Morgan fingerprint density at radius 3 is 2.51 bits per heavy atom. The number of rotatable bonds is 2. The molecule has 0 aliphatic carbocycles. The Balaban J connectivity index is 0.000000599. The van der Waals surface area contributed by atoms with Gasteiger partial charge in [-0.05, 0) is 24.0 Å². The number of hydrogen-bond acceptors (Lipinski definition) is 8. The van der Waals surface area contributed by atoms with Crippen molar-refractivity contribution in [3.05, 3.63) is 34.9 Å². The molecule has 194 valence electrons. The molecule has 2 aliphatic heterocycles. The molecule has 1 unspecified atom stereocenters. The van der Waals surface area contributed by atoms with Gasteiger partial charge in [0.1, 0.15) is 11.1 Å². The summed E-state index contributed by atoms with van der Waals surface area (Å²) in [6.45, 7) is 11.0. The van der Waals surface area contributed by atoms with Crippen LogP contribution in [0.1, 0.15) is 63.6 Å². The molecule has 0 saturated carbocycles. The van der Waals surface area contributed by atoms with Crippen molar-refractivity contribution in [2.24, 2.45) is 0 Å². The predicted molar refractivity (Wildman–Crippen MR) is 154 cm³/mol. The number of hydrogen-bond donors (Lipinski definition) is 1. The maximum absolute atomic E-state index is 14.6. The number of nitrogen functional groups attached to an aromatic ring is 1. The van der Waals surface area contributed by atoms with Crippen LogP contribution in [0.15, 0.2) is 12.4 Å². The van der Waals surface area contributed by atoms with E-state index in [1.165, 1.54) is 12.6 Å². The van der Waals surface area contributed by atoms with Crippen LogP contribution in [0.25, 0.3) is 32.2 Å². The summed E-state index contributed by atoms with van der Waals surface area (Å²) in [6.07, 6.45) is 6.58. The Bertz CT molecular complexity index is 1490. The quantitative estimate of drug-likeness (QED) is 0.309. The van der Waals surface area contributed by atoms with Gasteiger partial charge in [-0.3, -0.25) is 4.98 Å². The monoisotopic (exact) mass is 538 g/mol. The number of nitrogens with zero attached hydrogens (tertiary/aromatic N) is 5. The minimum atomic E-state index is -0.486. The molecule has 5 heterocycles. The number of aromatic nitrogens is 3. The molecule has 6 rings (SSSR count). The van der Waals surface area contributed by atoms with E-state index in [1.807, 2.05) is 20.0 Å². The van der Waals surface area contributed by atoms with E-state index in [2.05, 4.69) is 44.0 Å². The van der Waals surface area contributed by atoms with Gasteiger partial charge in [-0.2, -0.15) is 5.26 Å². The number of nitriles is 1. The summed E-state index contributed by atoms with van der Waals surface area (Å²) in [5.41, 5.74) is 10.4. The molecule has 1 aromatic carbocycles. The summed E-state index contributed by atoms with van der Waals surface area (Å²) in [4.78, 5) is 16.2. The van der Waals surface area contributed by atoms with Crippen molar-refractivity contribution < 1.29 is 9.13 Å². The van der Waals surface area contributed by atoms with E-state index in [0.29, 0.717) is 34.9 Å². The van der Waals surface area contributed by atoms with Crippen molar-refractivity contribution in [1.29, 1.82) is 5.26 Å². The van der Waals surface area contributed by atoms with Crippen LogP contribution in [0.5, 0.6) is 0 Å². The van der Waals surface area contributed by atoms with Crippen molar-refractivity contribution in [2.45, 2.75) is 60.2 Å². The number of ether oxygens (including phenoxy) is 1. The molecule has 37 heavy (non-hydrogen) atoms. The first-order chi connectivity index (χ1) is 18.0. The van der Waals surface area contributed by atoms with E-state index in [-0.39, 0.29) is 10.6 Å². The smallest absolute Gasteiger partial charge is 0.225 e. The highest BCUT2D eigenvalue weighted by Crippen LogP contribution is 2.43. The van der Waals surface area contributed by atoms with Crippen LogP contribution in [0.4, 0.5) is 15.3 Å². The Hall–Kier alpha value is -2.92. The summed E-state index contributed by atoms with van der Waals surface area (Å²) in [6, 6.07) is 2.13. The van der Waals surface area contributed by atoms with Crippen molar-refractivity contribution >= 4 is 57.8 Å². The minimum Gasteiger partial charge on any atom is -0.389 e. The Labute approximate surface area is 223 Å². The summed E-state index contributed by atoms with van der Waals surface area (Å²) in [5, 5.41) is 12.2. The third kappa shape index (κ3) is 4.74. The fourth-order valence-electron chi connectivity index (χ4n) is 4.70.